The maximum Gasteiger partial charge on any atom is 0.266 e. The Labute approximate surface area is 366 Å². The highest BCUT2D eigenvalue weighted by atomic mass is 32.2. The molecule has 1 aliphatic carbocycles. The number of ether oxygens (including phenoxy) is 1. The fourth-order valence-corrected chi connectivity index (χ4v) is 10.4. The Balaban J connectivity index is 1.04. The van der Waals surface area contributed by atoms with E-state index in [4.69, 9.17) is 4.74 Å². The van der Waals surface area contributed by atoms with Crippen molar-refractivity contribution in [2.45, 2.75) is 89.1 Å². The topological polar surface area (TPSA) is 200 Å². The highest BCUT2D eigenvalue weighted by molar-refractivity contribution is 7.89. The van der Waals surface area contributed by atoms with E-state index in [0.717, 1.165) is 33.2 Å². The molecular formula is C47H51N5O10S. The third-order valence-electron chi connectivity index (χ3n) is 11.9. The van der Waals surface area contributed by atoms with Gasteiger partial charge < -0.3 is 20.1 Å². The number of sulfonamides is 1. The average molecular weight is 878 g/mol. The first-order valence-corrected chi connectivity index (χ1v) is 22.5. The fourth-order valence-electron chi connectivity index (χ4n) is 8.83. The van der Waals surface area contributed by atoms with E-state index in [1.54, 1.807) is 26.0 Å². The maximum atomic E-state index is 14.2. The van der Waals surface area contributed by atoms with Crippen LogP contribution >= 0.6 is 0 Å². The lowest BCUT2D eigenvalue weighted by Gasteiger charge is -2.27. The summed E-state index contributed by atoms with van der Waals surface area (Å²) >= 11 is 0. The van der Waals surface area contributed by atoms with Crippen LogP contribution in [0.15, 0.2) is 77.7 Å². The van der Waals surface area contributed by atoms with Crippen molar-refractivity contribution in [2.75, 3.05) is 31.6 Å². The molecule has 0 radical (unpaired) electrons. The Bertz CT molecular complexity index is 2580. The molecule has 0 aromatic heterocycles. The monoisotopic (exact) mass is 877 g/mol. The molecule has 1 unspecified atom stereocenters. The van der Waals surface area contributed by atoms with E-state index < -0.39 is 63.8 Å². The van der Waals surface area contributed by atoms with E-state index in [1.807, 2.05) is 19.1 Å². The third-order valence-corrected chi connectivity index (χ3v) is 14.1. The molecule has 7 rings (SSSR count). The van der Waals surface area contributed by atoms with Gasteiger partial charge in [0.15, 0.2) is 0 Å². The molecule has 1 saturated heterocycles. The van der Waals surface area contributed by atoms with Crippen molar-refractivity contribution in [2.24, 2.45) is 0 Å². The minimum absolute atomic E-state index is 0.00431. The summed E-state index contributed by atoms with van der Waals surface area (Å²) in [5.74, 6) is -3.73. The van der Waals surface area contributed by atoms with Crippen LogP contribution in [0.1, 0.15) is 110 Å². The summed E-state index contributed by atoms with van der Waals surface area (Å²) in [5, 5.41) is 16.0. The average Bonchev–Trinajstić information content (AvgIpc) is 3.50. The number of phenols is 1. The Hall–Kier alpha value is -6.39. The molecule has 3 N–H and O–H groups in total. The van der Waals surface area contributed by atoms with Crippen molar-refractivity contribution < 1.29 is 47.0 Å². The fraction of sp³-hybridized carbons (Fsp3) is 0.362. The number of imide groups is 2. The van der Waals surface area contributed by atoms with Crippen molar-refractivity contribution in [1.82, 2.24) is 19.8 Å². The van der Waals surface area contributed by atoms with Gasteiger partial charge in [0, 0.05) is 25.2 Å². The van der Waals surface area contributed by atoms with Gasteiger partial charge >= 0.3 is 0 Å². The number of hydrogen-bond acceptors (Lipinski definition) is 10. The van der Waals surface area contributed by atoms with Crippen LogP contribution in [-0.2, 0) is 31.0 Å². The second kappa shape index (κ2) is 18.5. The number of benzene rings is 4. The largest absolute Gasteiger partial charge is 0.507 e. The number of nitrogens with one attached hydrogen (secondary N) is 2. The normalized spacial score (nSPS) is 16.8. The molecule has 1 atom stereocenters. The lowest BCUT2D eigenvalue weighted by atomic mass is 9.84. The lowest BCUT2D eigenvalue weighted by Crippen LogP contribution is -2.54. The molecule has 63 heavy (non-hydrogen) atoms. The molecule has 4 aromatic rings. The molecule has 3 aliphatic rings. The zero-order valence-electron chi connectivity index (χ0n) is 35.7. The van der Waals surface area contributed by atoms with E-state index in [2.05, 4.69) is 22.8 Å². The number of piperidine rings is 1. The lowest BCUT2D eigenvalue weighted by molar-refractivity contribution is -0.136. The second-order valence-corrected chi connectivity index (χ2v) is 18.5. The number of hydrogen-bond donors (Lipinski definition) is 3. The second-order valence-electron chi connectivity index (χ2n) is 16.5. The van der Waals surface area contributed by atoms with Crippen LogP contribution in [0.3, 0.4) is 0 Å². The number of aromatic hydroxyl groups is 1. The van der Waals surface area contributed by atoms with Gasteiger partial charge in [0.25, 0.3) is 17.7 Å². The summed E-state index contributed by atoms with van der Waals surface area (Å²) in [7, 11) is -2.72. The Kier molecular flexibility index (Phi) is 13.1. The standard InChI is InChI=1S/C47H51N5O10S/c1-28-23-29(2)43(30(3)24-28)63(60,61)50(4)27-41(55)51(26-31-13-15-33(16-14-31)32-9-6-5-7-10-32)34-17-18-35(38(53)25-34)44(56)48-21-22-62-39-12-8-11-36-42(39)47(59)52(46(36)58)37-19-20-40(54)49-45(37)57/h8,11-18,23-25,32,37,53H,5-7,9-10,19-22,26-27H2,1-4H3,(H,48,56)(H,49,54,57). The van der Waals surface area contributed by atoms with E-state index in [1.165, 1.54) is 73.2 Å². The van der Waals surface area contributed by atoms with E-state index in [0.29, 0.717) is 17.0 Å². The predicted molar refractivity (Wildman–Crippen MR) is 233 cm³/mol. The number of rotatable bonds is 14. The van der Waals surface area contributed by atoms with Crippen LogP contribution in [0.25, 0.3) is 0 Å². The molecule has 16 heteroatoms. The molecule has 0 spiro atoms. The van der Waals surface area contributed by atoms with Gasteiger partial charge in [-0.15, -0.1) is 0 Å². The van der Waals surface area contributed by atoms with Crippen molar-refractivity contribution in [1.29, 1.82) is 0 Å². The summed E-state index contributed by atoms with van der Waals surface area (Å²) in [4.78, 5) is 80.6. The Morgan fingerprint density at radius 3 is 2.25 bits per heavy atom. The Morgan fingerprint density at radius 1 is 0.889 bits per heavy atom. The van der Waals surface area contributed by atoms with E-state index in [-0.39, 0.29) is 65.6 Å². The summed E-state index contributed by atoms with van der Waals surface area (Å²) < 4.78 is 34.6. The van der Waals surface area contributed by atoms with Gasteiger partial charge in [-0.2, -0.15) is 4.31 Å². The predicted octanol–water partition coefficient (Wildman–Crippen LogP) is 5.43. The van der Waals surface area contributed by atoms with E-state index >= 15 is 0 Å². The number of fused-ring (bicyclic) bond motifs is 1. The van der Waals surface area contributed by atoms with Gasteiger partial charge in [0.2, 0.25) is 27.7 Å². The summed E-state index contributed by atoms with van der Waals surface area (Å²) in [5.41, 5.74) is 4.24. The molecule has 2 fully saturated rings. The number of nitrogens with zero attached hydrogens (tertiary/aromatic N) is 3. The Morgan fingerprint density at radius 2 is 1.59 bits per heavy atom. The van der Waals surface area contributed by atoms with Gasteiger partial charge in [-0.25, -0.2) is 8.42 Å². The molecule has 2 aliphatic heterocycles. The zero-order valence-corrected chi connectivity index (χ0v) is 36.5. The van der Waals surface area contributed by atoms with Gasteiger partial charge in [0.1, 0.15) is 24.1 Å². The first kappa shape index (κ1) is 44.7. The van der Waals surface area contributed by atoms with E-state index in [9.17, 15) is 42.3 Å². The van der Waals surface area contributed by atoms with Crippen LogP contribution in [0.5, 0.6) is 11.5 Å². The molecule has 1 saturated carbocycles. The first-order valence-electron chi connectivity index (χ1n) is 21.1. The smallest absolute Gasteiger partial charge is 0.266 e. The summed E-state index contributed by atoms with van der Waals surface area (Å²) in [6.45, 7) is 4.67. The molecule has 330 valence electrons. The minimum Gasteiger partial charge on any atom is -0.507 e. The van der Waals surface area contributed by atoms with Gasteiger partial charge in [-0.1, -0.05) is 67.3 Å². The first-order chi connectivity index (χ1) is 30.0. The SMILES string of the molecule is Cc1cc(C)c(S(=O)(=O)N(C)CC(=O)N(Cc2ccc(C3CCCCC3)cc2)c2ccc(C(=O)NCCOc3cccc4c3C(=O)N(C3CCC(=O)NC3=O)C4=O)c(O)c2)c(C)c1. The van der Waals surface area contributed by atoms with Crippen LogP contribution in [0.2, 0.25) is 0 Å². The van der Waals surface area contributed by atoms with Crippen LogP contribution in [-0.4, -0.2) is 91.0 Å². The van der Waals surface area contributed by atoms with Crippen LogP contribution in [0, 0.1) is 20.8 Å². The van der Waals surface area contributed by atoms with Crippen molar-refractivity contribution in [3.63, 3.8) is 0 Å². The molecule has 2 heterocycles. The number of amides is 6. The highest BCUT2D eigenvalue weighted by Gasteiger charge is 2.46. The third kappa shape index (κ3) is 9.37. The van der Waals surface area contributed by atoms with Crippen molar-refractivity contribution >= 4 is 51.2 Å². The number of phenolic OH excluding ortho intramolecular Hbond substituents is 1. The number of carbonyl (C=O) groups is 6. The van der Waals surface area contributed by atoms with Gasteiger partial charge in [-0.3, -0.25) is 39.0 Å². The molecule has 15 nitrogen and oxygen atoms in total. The molecule has 0 bridgehead atoms. The van der Waals surface area contributed by atoms with Crippen molar-refractivity contribution in [3.05, 3.63) is 117 Å². The summed E-state index contributed by atoms with van der Waals surface area (Å²) in [6, 6.07) is 19.1. The van der Waals surface area contributed by atoms with Crippen molar-refractivity contribution in [3.8, 4) is 11.5 Å². The zero-order chi connectivity index (χ0) is 45.2. The summed E-state index contributed by atoms with van der Waals surface area (Å²) in [6.07, 6.45) is 5.85. The maximum absolute atomic E-state index is 14.2. The molecule has 4 aromatic carbocycles. The van der Waals surface area contributed by atoms with Gasteiger partial charge in [-0.05, 0) is 92.5 Å². The molecule has 6 amide bonds. The minimum atomic E-state index is -4.08. The van der Waals surface area contributed by atoms with Gasteiger partial charge in [0.05, 0.1) is 41.2 Å². The number of aryl methyl sites for hydroxylation is 3. The van der Waals surface area contributed by atoms with Crippen LogP contribution < -0.4 is 20.3 Å². The molecular weight excluding hydrogens is 827 g/mol. The number of anilines is 1. The number of likely N-dealkylation sites (N-methyl/N-ethyl adjacent to an activating group) is 1. The highest BCUT2D eigenvalue weighted by Crippen LogP contribution is 2.35. The number of carbonyl (C=O) groups excluding carboxylic acids is 6. The quantitative estimate of drug-likeness (QED) is 0.108. The van der Waals surface area contributed by atoms with Crippen LogP contribution in [0.4, 0.5) is 5.69 Å².